The van der Waals surface area contributed by atoms with E-state index in [1.54, 1.807) is 12.4 Å². The Morgan fingerprint density at radius 2 is 1.96 bits per heavy atom. The van der Waals surface area contributed by atoms with E-state index in [4.69, 9.17) is 0 Å². The summed E-state index contributed by atoms with van der Waals surface area (Å²) in [6.45, 7) is 1.94. The molecule has 0 spiro atoms. The van der Waals surface area contributed by atoms with Crippen LogP contribution in [0.2, 0.25) is 0 Å². The lowest BCUT2D eigenvalue weighted by Crippen LogP contribution is -2.19. The van der Waals surface area contributed by atoms with Gasteiger partial charge in [0.15, 0.2) is 11.0 Å². The molecule has 0 radical (unpaired) electrons. The van der Waals surface area contributed by atoms with E-state index in [1.807, 2.05) is 55.5 Å². The summed E-state index contributed by atoms with van der Waals surface area (Å²) in [5, 5.41) is 4.37. The molecular weight excluding hydrogens is 332 g/mol. The van der Waals surface area contributed by atoms with Crippen LogP contribution in [-0.4, -0.2) is 21.0 Å². The Bertz CT molecular complexity index is 1040. The summed E-state index contributed by atoms with van der Waals surface area (Å²) < 4.78 is 0. The molecule has 0 atom stereocenters. The first-order chi connectivity index (χ1) is 12.2. The highest BCUT2D eigenvalue weighted by atomic mass is 32.2. The summed E-state index contributed by atoms with van der Waals surface area (Å²) in [6.07, 6.45) is 5.32. The van der Waals surface area contributed by atoms with Gasteiger partial charge in [-0.15, -0.1) is 0 Å². The first kappa shape index (κ1) is 15.5. The second kappa shape index (κ2) is 6.49. The summed E-state index contributed by atoms with van der Waals surface area (Å²) in [5.41, 5.74) is 2.85. The number of nitrogens with one attached hydrogen (secondary N) is 1. The van der Waals surface area contributed by atoms with Gasteiger partial charge in [0.25, 0.3) is 5.91 Å². The van der Waals surface area contributed by atoms with Gasteiger partial charge in [-0.25, -0.2) is 9.98 Å². The molecule has 1 fully saturated rings. The van der Waals surface area contributed by atoms with E-state index >= 15 is 0 Å². The van der Waals surface area contributed by atoms with Crippen molar-refractivity contribution in [3.63, 3.8) is 0 Å². The predicted octanol–water partition coefficient (Wildman–Crippen LogP) is 3.83. The third-order valence-corrected chi connectivity index (χ3v) is 4.67. The van der Waals surface area contributed by atoms with Crippen LogP contribution >= 0.6 is 11.8 Å². The molecule has 4 rings (SSSR count). The number of carbonyl (C=O) groups is 1. The Morgan fingerprint density at radius 1 is 1.12 bits per heavy atom. The monoisotopic (exact) mass is 346 g/mol. The van der Waals surface area contributed by atoms with E-state index in [2.05, 4.69) is 20.3 Å². The number of aromatic nitrogens is 2. The molecule has 1 saturated heterocycles. The highest BCUT2D eigenvalue weighted by Gasteiger charge is 2.24. The smallest absolute Gasteiger partial charge is 0.264 e. The summed E-state index contributed by atoms with van der Waals surface area (Å²) >= 11 is 1.32. The van der Waals surface area contributed by atoms with Gasteiger partial charge in [0.2, 0.25) is 0 Å². The quantitative estimate of drug-likeness (QED) is 0.716. The van der Waals surface area contributed by atoms with Crippen LogP contribution in [0.3, 0.4) is 0 Å². The first-order valence-electron chi connectivity index (χ1n) is 7.75. The number of amides is 1. The Balaban J connectivity index is 1.63. The van der Waals surface area contributed by atoms with Crippen LogP contribution in [0.1, 0.15) is 11.1 Å². The van der Waals surface area contributed by atoms with E-state index < -0.39 is 0 Å². The molecule has 25 heavy (non-hydrogen) atoms. The normalized spacial score (nSPS) is 17.4. The fourth-order valence-electron chi connectivity index (χ4n) is 2.51. The van der Waals surface area contributed by atoms with Gasteiger partial charge in [0.05, 0.1) is 10.4 Å². The number of rotatable bonds is 2. The van der Waals surface area contributed by atoms with Gasteiger partial charge >= 0.3 is 0 Å². The lowest BCUT2D eigenvalue weighted by Gasteiger charge is -1.99. The average molecular weight is 346 g/mol. The fourth-order valence-corrected chi connectivity index (χ4v) is 3.33. The molecule has 0 bridgehead atoms. The Kier molecular flexibility index (Phi) is 4.03. The fraction of sp³-hybridized carbons (Fsp3) is 0.0526. The Hall–Kier alpha value is -2.99. The minimum absolute atomic E-state index is 0.149. The molecule has 3 aromatic rings. The van der Waals surface area contributed by atoms with E-state index in [-0.39, 0.29) is 5.91 Å². The third kappa shape index (κ3) is 3.29. The van der Waals surface area contributed by atoms with Crippen molar-refractivity contribution in [3.8, 4) is 0 Å². The van der Waals surface area contributed by atoms with Crippen molar-refractivity contribution in [3.05, 3.63) is 70.9 Å². The molecule has 0 saturated carbocycles. The summed E-state index contributed by atoms with van der Waals surface area (Å²) in [4.78, 5) is 25.8. The summed E-state index contributed by atoms with van der Waals surface area (Å²) in [5.74, 6) is 0.465. The topological polar surface area (TPSA) is 67.2 Å². The van der Waals surface area contributed by atoms with Crippen LogP contribution in [0.25, 0.3) is 17.0 Å². The molecule has 0 aliphatic carbocycles. The molecule has 1 aliphatic heterocycles. The lowest BCUT2D eigenvalue weighted by atomic mass is 10.1. The largest absolute Gasteiger partial charge is 0.300 e. The summed E-state index contributed by atoms with van der Waals surface area (Å²) in [6, 6.07) is 13.6. The SMILES string of the molecule is Cc1cccnc1N=C1NC(=O)/C(=C/c2ccc3ncccc3c2)S1. The molecule has 1 aliphatic rings. The van der Waals surface area contributed by atoms with E-state index in [1.165, 1.54) is 11.8 Å². The molecule has 1 aromatic carbocycles. The predicted molar refractivity (Wildman–Crippen MR) is 102 cm³/mol. The van der Waals surface area contributed by atoms with Crippen LogP contribution in [0.5, 0.6) is 0 Å². The van der Waals surface area contributed by atoms with Crippen LogP contribution < -0.4 is 5.32 Å². The number of fused-ring (bicyclic) bond motifs is 1. The first-order valence-corrected chi connectivity index (χ1v) is 8.57. The van der Waals surface area contributed by atoms with Gasteiger partial charge in [0, 0.05) is 17.8 Å². The molecule has 6 heteroatoms. The highest BCUT2D eigenvalue weighted by molar-refractivity contribution is 8.18. The van der Waals surface area contributed by atoms with E-state index in [9.17, 15) is 4.79 Å². The van der Waals surface area contributed by atoms with Crippen LogP contribution in [0.4, 0.5) is 5.82 Å². The van der Waals surface area contributed by atoms with Crippen molar-refractivity contribution in [1.29, 1.82) is 0 Å². The van der Waals surface area contributed by atoms with Gasteiger partial charge in [-0.2, -0.15) is 0 Å². The van der Waals surface area contributed by atoms with Crippen molar-refractivity contribution >= 4 is 45.6 Å². The Labute approximate surface area is 148 Å². The minimum atomic E-state index is -0.149. The van der Waals surface area contributed by atoms with E-state index in [0.717, 1.165) is 22.0 Å². The standard InChI is InChI=1S/C19H14N4OS/c1-12-4-2-9-21-17(12)22-19-23-18(24)16(25-19)11-13-6-7-15-14(10-13)5-3-8-20-15/h2-11H,1H3,(H,21,22,23,24)/b16-11-. The van der Waals surface area contributed by atoms with Gasteiger partial charge in [-0.1, -0.05) is 18.2 Å². The second-order valence-electron chi connectivity index (χ2n) is 5.58. The zero-order valence-corrected chi connectivity index (χ0v) is 14.2. The van der Waals surface area contributed by atoms with Crippen molar-refractivity contribution < 1.29 is 4.79 Å². The van der Waals surface area contributed by atoms with Crippen molar-refractivity contribution in [2.24, 2.45) is 4.99 Å². The van der Waals surface area contributed by atoms with Gasteiger partial charge in [-0.3, -0.25) is 9.78 Å². The van der Waals surface area contributed by atoms with Crippen molar-refractivity contribution in [2.45, 2.75) is 6.92 Å². The van der Waals surface area contributed by atoms with Gasteiger partial charge < -0.3 is 5.32 Å². The van der Waals surface area contributed by atoms with Gasteiger partial charge in [-0.05, 0) is 60.2 Å². The van der Waals surface area contributed by atoms with Crippen molar-refractivity contribution in [1.82, 2.24) is 15.3 Å². The minimum Gasteiger partial charge on any atom is -0.300 e. The number of aryl methyl sites for hydroxylation is 1. The maximum absolute atomic E-state index is 12.2. The van der Waals surface area contributed by atoms with Crippen LogP contribution in [0, 0.1) is 6.92 Å². The molecule has 122 valence electrons. The molecule has 3 heterocycles. The summed E-state index contributed by atoms with van der Waals surface area (Å²) in [7, 11) is 0. The zero-order chi connectivity index (χ0) is 17.2. The molecule has 2 aromatic heterocycles. The highest BCUT2D eigenvalue weighted by Crippen LogP contribution is 2.28. The maximum atomic E-state index is 12.2. The Morgan fingerprint density at radius 3 is 2.84 bits per heavy atom. The average Bonchev–Trinajstić information content (AvgIpc) is 2.96. The number of carbonyl (C=O) groups excluding carboxylic acids is 1. The van der Waals surface area contributed by atoms with Crippen LogP contribution in [-0.2, 0) is 4.79 Å². The number of thioether (sulfide) groups is 1. The third-order valence-electron chi connectivity index (χ3n) is 3.76. The van der Waals surface area contributed by atoms with E-state index in [0.29, 0.717) is 15.9 Å². The number of pyridine rings is 2. The lowest BCUT2D eigenvalue weighted by molar-refractivity contribution is -0.115. The maximum Gasteiger partial charge on any atom is 0.264 e. The molecular formula is C19H14N4OS. The number of amidine groups is 1. The molecule has 5 nitrogen and oxygen atoms in total. The molecule has 1 amide bonds. The number of hydrogen-bond donors (Lipinski definition) is 1. The molecule has 1 N–H and O–H groups in total. The number of nitrogens with zero attached hydrogens (tertiary/aromatic N) is 3. The van der Waals surface area contributed by atoms with Gasteiger partial charge in [0.1, 0.15) is 0 Å². The second-order valence-corrected chi connectivity index (χ2v) is 6.61. The van der Waals surface area contributed by atoms with Crippen molar-refractivity contribution in [2.75, 3.05) is 0 Å². The number of aliphatic imine (C=N–C) groups is 1. The number of hydrogen-bond acceptors (Lipinski definition) is 5. The molecule has 0 unspecified atom stereocenters. The van der Waals surface area contributed by atoms with Crippen LogP contribution in [0.15, 0.2) is 64.8 Å². The number of benzene rings is 1. The zero-order valence-electron chi connectivity index (χ0n) is 13.4.